The molecule has 0 aliphatic carbocycles. The molecule has 0 aliphatic rings. The van der Waals surface area contributed by atoms with Gasteiger partial charge in [-0.25, -0.2) is 4.98 Å². The number of methoxy groups -OCH3 is 1. The zero-order chi connectivity index (χ0) is 18.8. The first-order valence-corrected chi connectivity index (χ1v) is 8.37. The summed E-state index contributed by atoms with van der Waals surface area (Å²) in [7, 11) is 1.61. The van der Waals surface area contributed by atoms with Crippen molar-refractivity contribution in [2.45, 2.75) is 19.9 Å². The lowest BCUT2D eigenvalue weighted by Gasteiger charge is -2.09. The number of hydrogen-bond acceptors (Lipinski definition) is 5. The molecule has 0 bridgehead atoms. The van der Waals surface area contributed by atoms with Crippen molar-refractivity contribution in [2.24, 2.45) is 0 Å². The van der Waals surface area contributed by atoms with E-state index in [1.54, 1.807) is 50.6 Å². The van der Waals surface area contributed by atoms with Crippen LogP contribution in [0.15, 0.2) is 42.6 Å². The summed E-state index contributed by atoms with van der Waals surface area (Å²) < 4.78 is 10.3. The minimum atomic E-state index is -0.224. The molecule has 1 heterocycles. The molecule has 0 radical (unpaired) electrons. The molecule has 1 aromatic heterocycles. The predicted octanol–water partition coefficient (Wildman–Crippen LogP) is 2.39. The van der Waals surface area contributed by atoms with Gasteiger partial charge in [-0.15, -0.1) is 0 Å². The zero-order valence-electron chi connectivity index (χ0n) is 15.0. The van der Waals surface area contributed by atoms with Gasteiger partial charge in [0.25, 0.3) is 5.91 Å². The monoisotopic (exact) mass is 357 g/mol. The fraction of sp³-hybridized carbons (Fsp3) is 0.316. The van der Waals surface area contributed by atoms with E-state index in [9.17, 15) is 9.59 Å². The smallest absolute Gasteiger partial charge is 0.251 e. The number of nitrogens with one attached hydrogen (secondary N) is 2. The number of anilines is 1. The fourth-order valence-electron chi connectivity index (χ4n) is 2.10. The van der Waals surface area contributed by atoms with Gasteiger partial charge in [0.05, 0.1) is 6.61 Å². The summed E-state index contributed by atoms with van der Waals surface area (Å²) in [5.74, 6) is 0.191. The zero-order valence-corrected chi connectivity index (χ0v) is 15.0. The van der Waals surface area contributed by atoms with Gasteiger partial charge in [0.1, 0.15) is 6.61 Å². The van der Waals surface area contributed by atoms with Gasteiger partial charge in [-0.2, -0.15) is 0 Å². The second-order valence-electron chi connectivity index (χ2n) is 5.51. The lowest BCUT2D eigenvalue weighted by Crippen LogP contribution is -2.23. The molecule has 0 fully saturated rings. The third-order valence-corrected chi connectivity index (χ3v) is 3.52. The summed E-state index contributed by atoms with van der Waals surface area (Å²) in [5.41, 5.74) is 1.93. The topological polar surface area (TPSA) is 89.6 Å². The van der Waals surface area contributed by atoms with Crippen molar-refractivity contribution >= 4 is 17.5 Å². The number of ether oxygens (including phenoxy) is 2. The molecular weight excluding hydrogens is 334 g/mol. The molecule has 0 atom stereocenters. The molecule has 138 valence electrons. The molecule has 1 aromatic carbocycles. The summed E-state index contributed by atoms with van der Waals surface area (Å²) in [6, 6.07) is 10.4. The molecule has 7 heteroatoms. The van der Waals surface area contributed by atoms with Crippen molar-refractivity contribution in [1.82, 2.24) is 10.3 Å². The quantitative estimate of drug-likeness (QED) is 0.673. The Hall–Kier alpha value is -2.93. The number of nitrogens with zero attached hydrogens (tertiary/aromatic N) is 1. The van der Waals surface area contributed by atoms with Crippen molar-refractivity contribution in [3.63, 3.8) is 0 Å². The second-order valence-corrected chi connectivity index (χ2v) is 5.51. The van der Waals surface area contributed by atoms with E-state index in [0.29, 0.717) is 43.3 Å². The van der Waals surface area contributed by atoms with Crippen molar-refractivity contribution < 1.29 is 19.1 Å². The average molecular weight is 357 g/mol. The fourth-order valence-corrected chi connectivity index (χ4v) is 2.10. The van der Waals surface area contributed by atoms with E-state index in [-0.39, 0.29) is 11.8 Å². The Balaban J connectivity index is 1.88. The Morgan fingerprint density at radius 1 is 1.15 bits per heavy atom. The average Bonchev–Trinajstić information content (AvgIpc) is 2.67. The Kier molecular flexibility index (Phi) is 7.57. The maximum absolute atomic E-state index is 12.3. The predicted molar refractivity (Wildman–Crippen MR) is 98.1 cm³/mol. The third kappa shape index (κ3) is 6.18. The Morgan fingerprint density at radius 3 is 2.69 bits per heavy atom. The minimum absolute atomic E-state index is 0.0959. The number of carbonyl (C=O) groups excluding carboxylic acids is 2. The molecule has 7 nitrogen and oxygen atoms in total. The molecular formula is C19H23N3O4. The van der Waals surface area contributed by atoms with E-state index >= 15 is 0 Å². The number of benzene rings is 1. The first-order valence-electron chi connectivity index (χ1n) is 8.37. The number of rotatable bonds is 9. The van der Waals surface area contributed by atoms with E-state index in [0.717, 1.165) is 5.56 Å². The largest absolute Gasteiger partial charge is 0.475 e. The van der Waals surface area contributed by atoms with Gasteiger partial charge in [0.15, 0.2) is 0 Å². The summed E-state index contributed by atoms with van der Waals surface area (Å²) in [5, 5.41) is 5.57. The number of amides is 2. The van der Waals surface area contributed by atoms with Crippen molar-refractivity contribution in [2.75, 3.05) is 25.6 Å². The lowest BCUT2D eigenvalue weighted by molar-refractivity contribution is -0.115. The van der Waals surface area contributed by atoms with Gasteiger partial charge in [0, 0.05) is 43.6 Å². The molecule has 0 unspecified atom stereocenters. The molecule has 0 saturated carbocycles. The highest BCUT2D eigenvalue weighted by molar-refractivity contribution is 5.97. The van der Waals surface area contributed by atoms with Crippen LogP contribution in [-0.4, -0.2) is 37.1 Å². The molecule has 0 aliphatic heterocycles. The molecule has 26 heavy (non-hydrogen) atoms. The minimum Gasteiger partial charge on any atom is -0.475 e. The number of carbonyl (C=O) groups is 2. The molecule has 2 aromatic rings. The van der Waals surface area contributed by atoms with Crippen LogP contribution < -0.4 is 15.4 Å². The summed E-state index contributed by atoms with van der Waals surface area (Å²) >= 11 is 0. The Morgan fingerprint density at radius 2 is 2.00 bits per heavy atom. The van der Waals surface area contributed by atoms with Crippen LogP contribution >= 0.6 is 0 Å². The third-order valence-electron chi connectivity index (χ3n) is 3.52. The first-order chi connectivity index (χ1) is 12.6. The van der Waals surface area contributed by atoms with E-state index in [2.05, 4.69) is 15.6 Å². The SMILES string of the molecule is CCC(=O)Nc1cccc(C(=O)NCc2ccc(OCCOC)nc2)c1. The maximum atomic E-state index is 12.3. The number of pyridine rings is 1. The highest BCUT2D eigenvalue weighted by Gasteiger charge is 2.07. The molecule has 2 N–H and O–H groups in total. The van der Waals surface area contributed by atoms with Crippen molar-refractivity contribution in [1.29, 1.82) is 0 Å². The number of aromatic nitrogens is 1. The lowest BCUT2D eigenvalue weighted by atomic mass is 10.1. The van der Waals surface area contributed by atoms with Gasteiger partial charge < -0.3 is 20.1 Å². The van der Waals surface area contributed by atoms with Gasteiger partial charge >= 0.3 is 0 Å². The van der Waals surface area contributed by atoms with Crippen molar-refractivity contribution in [3.05, 3.63) is 53.7 Å². The summed E-state index contributed by atoms with van der Waals surface area (Å²) in [6.07, 6.45) is 2.04. The van der Waals surface area contributed by atoms with Crippen LogP contribution in [0.25, 0.3) is 0 Å². The highest BCUT2D eigenvalue weighted by atomic mass is 16.5. The summed E-state index contributed by atoms with van der Waals surface area (Å²) in [6.45, 7) is 3.05. The van der Waals surface area contributed by atoms with Gasteiger partial charge in [-0.05, 0) is 23.8 Å². The molecule has 2 amide bonds. The van der Waals surface area contributed by atoms with E-state index in [1.807, 2.05) is 6.07 Å². The first kappa shape index (κ1) is 19.4. The van der Waals surface area contributed by atoms with Crippen LogP contribution in [0.2, 0.25) is 0 Å². The van der Waals surface area contributed by atoms with E-state index in [4.69, 9.17) is 9.47 Å². The van der Waals surface area contributed by atoms with Crippen LogP contribution in [-0.2, 0) is 16.1 Å². The molecule has 2 rings (SSSR count). The van der Waals surface area contributed by atoms with Gasteiger partial charge in [-0.1, -0.05) is 19.1 Å². The maximum Gasteiger partial charge on any atom is 0.251 e. The van der Waals surface area contributed by atoms with Crippen LogP contribution in [0.1, 0.15) is 29.3 Å². The molecule has 0 spiro atoms. The second kappa shape index (κ2) is 10.1. The van der Waals surface area contributed by atoms with Gasteiger partial charge in [-0.3, -0.25) is 9.59 Å². The van der Waals surface area contributed by atoms with Crippen LogP contribution in [0.3, 0.4) is 0 Å². The Labute approximate surface area is 152 Å². The standard InChI is InChI=1S/C19H23N3O4/c1-3-17(23)22-16-6-4-5-15(11-16)19(24)21-13-14-7-8-18(20-12-14)26-10-9-25-2/h4-8,11-12H,3,9-10,13H2,1-2H3,(H,21,24)(H,22,23). The van der Waals surface area contributed by atoms with Crippen molar-refractivity contribution in [3.8, 4) is 5.88 Å². The van der Waals surface area contributed by atoms with Crippen LogP contribution in [0.4, 0.5) is 5.69 Å². The Bertz CT molecular complexity index is 732. The van der Waals surface area contributed by atoms with E-state index < -0.39 is 0 Å². The van der Waals surface area contributed by atoms with Gasteiger partial charge in [0.2, 0.25) is 11.8 Å². The molecule has 0 saturated heterocycles. The summed E-state index contributed by atoms with van der Waals surface area (Å²) in [4.78, 5) is 27.9. The normalized spacial score (nSPS) is 10.2. The van der Waals surface area contributed by atoms with Crippen LogP contribution in [0, 0.1) is 0 Å². The van der Waals surface area contributed by atoms with E-state index in [1.165, 1.54) is 0 Å². The highest BCUT2D eigenvalue weighted by Crippen LogP contribution is 2.12. The number of hydrogen-bond donors (Lipinski definition) is 2. The van der Waals surface area contributed by atoms with Crippen LogP contribution in [0.5, 0.6) is 5.88 Å².